The minimum absolute atomic E-state index is 0.104. The molecule has 0 bridgehead atoms. The summed E-state index contributed by atoms with van der Waals surface area (Å²) in [7, 11) is 0. The number of esters is 1. The average molecular weight is 411 g/mol. The number of Topliss-reactive ketones (excluding diaryl/α,β-unsaturated/α-hetero) is 1. The Morgan fingerprint density at radius 2 is 1.90 bits per heavy atom. The summed E-state index contributed by atoms with van der Waals surface area (Å²) in [6.45, 7) is 8.04. The van der Waals surface area contributed by atoms with Gasteiger partial charge in [-0.3, -0.25) is 9.59 Å². The molecule has 1 fully saturated rings. The number of cyclic esters (lactones) is 1. The first-order valence-electron chi connectivity index (χ1n) is 10.4. The number of ketones is 1. The van der Waals surface area contributed by atoms with E-state index in [0.717, 1.165) is 18.4 Å². The monoisotopic (exact) mass is 411 g/mol. The van der Waals surface area contributed by atoms with Crippen LogP contribution in [-0.4, -0.2) is 29.4 Å². The number of benzene rings is 1. The van der Waals surface area contributed by atoms with Crippen LogP contribution in [0.15, 0.2) is 53.8 Å². The second kappa shape index (κ2) is 8.86. The van der Waals surface area contributed by atoms with Crippen molar-refractivity contribution in [1.82, 2.24) is 5.32 Å². The number of carbonyl (C=O) groups is 3. The lowest BCUT2D eigenvalue weighted by atomic mass is 9.92. The van der Waals surface area contributed by atoms with E-state index in [2.05, 4.69) is 19.2 Å². The largest absolute Gasteiger partial charge is 0.482 e. The van der Waals surface area contributed by atoms with Gasteiger partial charge in [0.05, 0.1) is 12.5 Å². The quantitative estimate of drug-likeness (QED) is 0.419. The summed E-state index contributed by atoms with van der Waals surface area (Å²) in [6.07, 6.45) is 4.00. The molecular weight excluding hydrogens is 382 g/mol. The second-order valence-electron chi connectivity index (χ2n) is 8.37. The number of hydrogen-bond acceptors (Lipinski definition) is 5. The molecule has 30 heavy (non-hydrogen) atoms. The van der Waals surface area contributed by atoms with Crippen molar-refractivity contribution in [1.29, 1.82) is 0 Å². The van der Waals surface area contributed by atoms with Crippen LogP contribution in [-0.2, 0) is 23.9 Å². The fraction of sp³-hybridized carbons (Fsp3) is 0.458. The highest BCUT2D eigenvalue weighted by Crippen LogP contribution is 2.36. The van der Waals surface area contributed by atoms with Crippen molar-refractivity contribution in [3.8, 4) is 0 Å². The van der Waals surface area contributed by atoms with Gasteiger partial charge >= 0.3 is 5.97 Å². The lowest BCUT2D eigenvalue weighted by Crippen LogP contribution is -2.32. The molecule has 1 amide bonds. The second-order valence-corrected chi connectivity index (χ2v) is 8.37. The number of carbonyl (C=O) groups excluding carboxylic acids is 3. The van der Waals surface area contributed by atoms with Crippen molar-refractivity contribution >= 4 is 17.7 Å². The van der Waals surface area contributed by atoms with E-state index in [1.165, 1.54) is 0 Å². The van der Waals surface area contributed by atoms with E-state index in [1.807, 2.05) is 50.3 Å². The molecule has 6 nitrogen and oxygen atoms in total. The van der Waals surface area contributed by atoms with Gasteiger partial charge in [0.25, 0.3) is 0 Å². The molecule has 0 aliphatic carbocycles. The lowest BCUT2D eigenvalue weighted by molar-refractivity contribution is -0.143. The van der Waals surface area contributed by atoms with Crippen molar-refractivity contribution in [3.63, 3.8) is 0 Å². The highest BCUT2D eigenvalue weighted by molar-refractivity contribution is 6.24. The van der Waals surface area contributed by atoms with Crippen LogP contribution in [0.1, 0.15) is 58.6 Å². The Kier molecular flexibility index (Phi) is 6.44. The summed E-state index contributed by atoms with van der Waals surface area (Å²) >= 11 is 0. The molecule has 0 aromatic heterocycles. The molecule has 1 saturated heterocycles. The van der Waals surface area contributed by atoms with E-state index < -0.39 is 23.5 Å². The maximum atomic E-state index is 12.8. The van der Waals surface area contributed by atoms with Crippen LogP contribution in [0, 0.1) is 5.92 Å². The van der Waals surface area contributed by atoms with E-state index in [4.69, 9.17) is 9.47 Å². The Hall–Kier alpha value is -2.89. The predicted molar refractivity (Wildman–Crippen MR) is 112 cm³/mol. The molecule has 1 aromatic rings. The Morgan fingerprint density at radius 3 is 2.57 bits per heavy atom. The van der Waals surface area contributed by atoms with Gasteiger partial charge < -0.3 is 14.8 Å². The molecule has 2 aliphatic rings. The van der Waals surface area contributed by atoms with E-state index >= 15 is 0 Å². The molecule has 1 N–H and O–H groups in total. The van der Waals surface area contributed by atoms with Crippen molar-refractivity contribution in [3.05, 3.63) is 59.4 Å². The number of ether oxygens (including phenoxy) is 2. The average Bonchev–Trinajstić information content (AvgIpc) is 3.21. The molecule has 0 radical (unpaired) electrons. The van der Waals surface area contributed by atoms with Crippen LogP contribution < -0.4 is 5.32 Å². The highest BCUT2D eigenvalue weighted by atomic mass is 16.6. The first-order valence-corrected chi connectivity index (χ1v) is 10.4. The molecule has 160 valence electrons. The molecule has 0 saturated carbocycles. The van der Waals surface area contributed by atoms with Crippen molar-refractivity contribution in [2.45, 2.75) is 64.7 Å². The standard InChI is InChI=1S/C24H29NO5/c1-5-15(2)14-24(4)12-11-18(30-24)21-22(27)19(29-23(21)28)13-20(26)25-16(3)17-9-7-6-8-10-17/h6-12,15-16,19H,5,13-14H2,1-4H3,(H,25,26)/b21-18-/t15-,16-,19-,24-/m0/s1. The summed E-state index contributed by atoms with van der Waals surface area (Å²) in [5.41, 5.74) is 0.292. The maximum Gasteiger partial charge on any atom is 0.346 e. The summed E-state index contributed by atoms with van der Waals surface area (Å²) in [6, 6.07) is 9.29. The normalized spacial score (nSPS) is 27.5. The van der Waals surface area contributed by atoms with E-state index in [-0.39, 0.29) is 29.7 Å². The number of hydrogen-bond donors (Lipinski definition) is 1. The molecule has 2 heterocycles. The highest BCUT2D eigenvalue weighted by Gasteiger charge is 2.44. The van der Waals surface area contributed by atoms with Crippen molar-refractivity contribution in [2.75, 3.05) is 0 Å². The lowest BCUT2D eigenvalue weighted by Gasteiger charge is -2.26. The Bertz CT molecular complexity index is 888. The number of allylic oxidation sites excluding steroid dienone is 1. The molecule has 0 spiro atoms. The summed E-state index contributed by atoms with van der Waals surface area (Å²) in [5.74, 6) is -0.917. The summed E-state index contributed by atoms with van der Waals surface area (Å²) in [5, 5.41) is 2.84. The zero-order chi connectivity index (χ0) is 21.9. The van der Waals surface area contributed by atoms with Crippen LogP contribution in [0.2, 0.25) is 0 Å². The topological polar surface area (TPSA) is 81.7 Å². The number of rotatable bonds is 7. The third-order valence-corrected chi connectivity index (χ3v) is 5.67. The van der Waals surface area contributed by atoms with Gasteiger partial charge in [-0.1, -0.05) is 50.6 Å². The minimum atomic E-state index is -1.12. The van der Waals surface area contributed by atoms with Gasteiger partial charge in [0, 0.05) is 0 Å². The van der Waals surface area contributed by atoms with Crippen LogP contribution in [0.25, 0.3) is 0 Å². The molecular formula is C24H29NO5. The predicted octanol–water partition coefficient (Wildman–Crippen LogP) is 3.78. The molecule has 6 heteroatoms. The third-order valence-electron chi connectivity index (χ3n) is 5.67. The van der Waals surface area contributed by atoms with Crippen LogP contribution in [0.3, 0.4) is 0 Å². The summed E-state index contributed by atoms with van der Waals surface area (Å²) < 4.78 is 11.2. The van der Waals surface area contributed by atoms with Crippen molar-refractivity contribution in [2.24, 2.45) is 5.92 Å². The van der Waals surface area contributed by atoms with Crippen LogP contribution in [0.5, 0.6) is 0 Å². The Morgan fingerprint density at radius 1 is 1.20 bits per heavy atom. The smallest absolute Gasteiger partial charge is 0.346 e. The van der Waals surface area contributed by atoms with Crippen LogP contribution >= 0.6 is 0 Å². The van der Waals surface area contributed by atoms with Gasteiger partial charge in [-0.2, -0.15) is 0 Å². The van der Waals surface area contributed by atoms with Gasteiger partial charge in [0.2, 0.25) is 11.7 Å². The van der Waals surface area contributed by atoms with Gasteiger partial charge in [-0.15, -0.1) is 0 Å². The van der Waals surface area contributed by atoms with Crippen molar-refractivity contribution < 1.29 is 23.9 Å². The van der Waals surface area contributed by atoms with E-state index in [1.54, 1.807) is 6.08 Å². The van der Waals surface area contributed by atoms with Crippen LogP contribution in [0.4, 0.5) is 0 Å². The number of nitrogens with one attached hydrogen (secondary N) is 1. The molecule has 4 atom stereocenters. The van der Waals surface area contributed by atoms with Gasteiger partial charge in [0.15, 0.2) is 6.10 Å². The van der Waals surface area contributed by atoms with Gasteiger partial charge in [-0.25, -0.2) is 4.79 Å². The maximum absolute atomic E-state index is 12.8. The zero-order valence-corrected chi connectivity index (χ0v) is 17.9. The SMILES string of the molecule is CC[C@H](C)C[C@]1(C)C=C/C(=C2/C(=O)O[C@@H](CC(=O)N[C@@H](C)c3ccccc3)C2=O)O1. The number of amides is 1. The molecule has 1 aromatic carbocycles. The zero-order valence-electron chi connectivity index (χ0n) is 17.9. The van der Waals surface area contributed by atoms with Gasteiger partial charge in [0.1, 0.15) is 16.9 Å². The van der Waals surface area contributed by atoms with E-state index in [9.17, 15) is 14.4 Å². The first kappa shape index (κ1) is 21.8. The Balaban J connectivity index is 1.64. The fourth-order valence-corrected chi connectivity index (χ4v) is 3.80. The molecule has 3 rings (SSSR count). The molecule has 2 aliphatic heterocycles. The molecule has 0 unspecified atom stereocenters. The minimum Gasteiger partial charge on any atom is -0.482 e. The van der Waals surface area contributed by atoms with E-state index in [0.29, 0.717) is 5.92 Å². The fourth-order valence-electron chi connectivity index (χ4n) is 3.80. The summed E-state index contributed by atoms with van der Waals surface area (Å²) in [4.78, 5) is 37.5. The first-order chi connectivity index (χ1) is 14.2. The van der Waals surface area contributed by atoms with Gasteiger partial charge in [-0.05, 0) is 43.9 Å². The third kappa shape index (κ3) is 4.81. The Labute approximate surface area is 177 Å².